The fourth-order valence-electron chi connectivity index (χ4n) is 1.86. The molecule has 0 saturated carbocycles. The molecule has 0 spiro atoms. The lowest BCUT2D eigenvalue weighted by Gasteiger charge is -2.16. The van der Waals surface area contributed by atoms with Crippen LogP contribution in [0.3, 0.4) is 0 Å². The van der Waals surface area contributed by atoms with Gasteiger partial charge in [-0.1, -0.05) is 43.7 Å². The van der Waals surface area contributed by atoms with Crippen LogP contribution in [0.2, 0.25) is 0 Å². The van der Waals surface area contributed by atoms with E-state index in [4.69, 9.17) is 4.74 Å². The van der Waals surface area contributed by atoms with Crippen LogP contribution in [0.5, 0.6) is 5.75 Å². The normalized spacial score (nSPS) is 12.9. The van der Waals surface area contributed by atoms with Gasteiger partial charge in [0.1, 0.15) is 5.75 Å². The van der Waals surface area contributed by atoms with E-state index in [1.54, 1.807) is 0 Å². The Morgan fingerprint density at radius 1 is 1.35 bits per heavy atom. The Morgan fingerprint density at radius 3 is 2.76 bits per heavy atom. The predicted molar refractivity (Wildman–Crippen MR) is 74.8 cm³/mol. The van der Waals surface area contributed by atoms with Gasteiger partial charge < -0.3 is 4.74 Å². The Bertz CT molecular complexity index is 366. The van der Waals surface area contributed by atoms with E-state index >= 15 is 0 Å². The summed E-state index contributed by atoms with van der Waals surface area (Å²) >= 11 is 0. The molecule has 0 fully saturated rings. The third-order valence-electron chi connectivity index (χ3n) is 2.88. The van der Waals surface area contributed by atoms with Crippen LogP contribution < -0.4 is 4.74 Å². The van der Waals surface area contributed by atoms with Gasteiger partial charge in [0.25, 0.3) is 0 Å². The number of allylic oxidation sites excluding steroid dienone is 2. The molecular formula is C16H24O. The topological polar surface area (TPSA) is 9.23 Å². The number of rotatable bonds is 6. The molecule has 0 aromatic heterocycles. The summed E-state index contributed by atoms with van der Waals surface area (Å²) in [6, 6.07) is 6.47. The Hall–Kier alpha value is -1.24. The minimum absolute atomic E-state index is 0.512. The summed E-state index contributed by atoms with van der Waals surface area (Å²) in [7, 11) is 0. The van der Waals surface area contributed by atoms with Gasteiger partial charge in [0.05, 0.1) is 6.61 Å². The molecule has 1 nitrogen and oxygen atoms in total. The zero-order valence-electron chi connectivity index (χ0n) is 11.5. The molecule has 1 heteroatoms. The summed E-state index contributed by atoms with van der Waals surface area (Å²) < 4.78 is 5.82. The van der Waals surface area contributed by atoms with Crippen molar-refractivity contribution in [3.8, 4) is 5.75 Å². The average molecular weight is 232 g/mol. The van der Waals surface area contributed by atoms with Gasteiger partial charge >= 0.3 is 0 Å². The van der Waals surface area contributed by atoms with Gasteiger partial charge in [0.15, 0.2) is 0 Å². The lowest BCUT2D eigenvalue weighted by atomic mass is 9.95. The summed E-state index contributed by atoms with van der Waals surface area (Å²) in [4.78, 5) is 0. The molecule has 0 heterocycles. The molecule has 0 saturated heterocycles. The van der Waals surface area contributed by atoms with Crippen molar-refractivity contribution in [1.29, 1.82) is 0 Å². The third kappa shape index (κ3) is 4.26. The average Bonchev–Trinajstić information content (AvgIpc) is 2.34. The van der Waals surface area contributed by atoms with Gasteiger partial charge in [-0.15, -0.1) is 0 Å². The van der Waals surface area contributed by atoms with E-state index < -0.39 is 0 Å². The highest BCUT2D eigenvalue weighted by molar-refractivity contribution is 5.39. The first kappa shape index (κ1) is 13.8. The van der Waals surface area contributed by atoms with E-state index in [0.717, 1.165) is 25.2 Å². The van der Waals surface area contributed by atoms with Gasteiger partial charge in [-0.05, 0) is 44.2 Å². The van der Waals surface area contributed by atoms with E-state index in [2.05, 4.69) is 58.0 Å². The van der Waals surface area contributed by atoms with Crippen molar-refractivity contribution >= 4 is 0 Å². The van der Waals surface area contributed by atoms with E-state index in [-0.39, 0.29) is 0 Å². The second-order valence-electron chi connectivity index (χ2n) is 4.60. The van der Waals surface area contributed by atoms with Gasteiger partial charge in [0.2, 0.25) is 0 Å². The molecule has 0 radical (unpaired) electrons. The van der Waals surface area contributed by atoms with Crippen molar-refractivity contribution < 1.29 is 4.74 Å². The van der Waals surface area contributed by atoms with Crippen LogP contribution in [0.4, 0.5) is 0 Å². The molecule has 0 aliphatic carbocycles. The molecule has 0 aliphatic rings. The fraction of sp³-hybridized carbons (Fsp3) is 0.500. The first-order valence-corrected chi connectivity index (χ1v) is 6.53. The molecule has 0 N–H and O–H groups in total. The first-order valence-electron chi connectivity index (χ1n) is 6.53. The largest absolute Gasteiger partial charge is 0.493 e. The summed E-state index contributed by atoms with van der Waals surface area (Å²) in [5.74, 6) is 1.56. The maximum Gasteiger partial charge on any atom is 0.122 e. The minimum Gasteiger partial charge on any atom is -0.493 e. The Kier molecular flexibility index (Phi) is 5.82. The summed E-state index contributed by atoms with van der Waals surface area (Å²) in [5, 5.41) is 0. The van der Waals surface area contributed by atoms with Crippen LogP contribution in [0, 0.1) is 6.92 Å². The summed E-state index contributed by atoms with van der Waals surface area (Å²) in [6.45, 7) is 9.39. The highest BCUT2D eigenvalue weighted by atomic mass is 16.5. The zero-order chi connectivity index (χ0) is 12.7. The van der Waals surface area contributed by atoms with Crippen molar-refractivity contribution in [2.45, 2.75) is 46.5 Å². The highest BCUT2D eigenvalue weighted by Crippen LogP contribution is 2.30. The molecule has 17 heavy (non-hydrogen) atoms. The highest BCUT2D eigenvalue weighted by Gasteiger charge is 2.10. The van der Waals surface area contributed by atoms with Crippen molar-refractivity contribution in [2.24, 2.45) is 0 Å². The summed E-state index contributed by atoms with van der Waals surface area (Å²) in [5.41, 5.74) is 2.63. The van der Waals surface area contributed by atoms with Gasteiger partial charge in [-0.2, -0.15) is 0 Å². The quantitative estimate of drug-likeness (QED) is 0.637. The van der Waals surface area contributed by atoms with Crippen LogP contribution in [-0.4, -0.2) is 6.61 Å². The monoisotopic (exact) mass is 232 g/mol. The second kappa shape index (κ2) is 7.16. The van der Waals surface area contributed by atoms with Gasteiger partial charge in [-0.3, -0.25) is 0 Å². The molecule has 1 aromatic carbocycles. The number of aryl methyl sites for hydroxylation is 1. The van der Waals surface area contributed by atoms with Crippen LogP contribution in [-0.2, 0) is 0 Å². The van der Waals surface area contributed by atoms with Gasteiger partial charge in [0, 0.05) is 0 Å². The van der Waals surface area contributed by atoms with Crippen LogP contribution >= 0.6 is 0 Å². The minimum atomic E-state index is 0.512. The van der Waals surface area contributed by atoms with Crippen molar-refractivity contribution in [3.05, 3.63) is 41.5 Å². The maximum absolute atomic E-state index is 5.82. The summed E-state index contributed by atoms with van der Waals surface area (Å²) in [6.07, 6.45) is 6.45. The molecule has 1 atom stereocenters. The smallest absolute Gasteiger partial charge is 0.122 e. The van der Waals surface area contributed by atoms with E-state index in [0.29, 0.717) is 5.92 Å². The molecule has 1 unspecified atom stereocenters. The standard InChI is InChI=1S/C16H24O/c1-5-7-8-14(4)15-12-13(3)9-10-16(15)17-11-6-2/h5,7,9-10,12,14H,6,8,11H2,1-4H3/b7-5-. The molecule has 94 valence electrons. The Labute approximate surface area is 106 Å². The first-order chi connectivity index (χ1) is 8.19. The molecule has 0 aliphatic heterocycles. The second-order valence-corrected chi connectivity index (χ2v) is 4.60. The number of hydrogen-bond acceptors (Lipinski definition) is 1. The molecular weight excluding hydrogens is 208 g/mol. The van der Waals surface area contributed by atoms with Crippen LogP contribution in [0.1, 0.15) is 50.7 Å². The fourth-order valence-corrected chi connectivity index (χ4v) is 1.86. The molecule has 1 rings (SSSR count). The van der Waals surface area contributed by atoms with Crippen molar-refractivity contribution in [1.82, 2.24) is 0 Å². The molecule has 0 amide bonds. The maximum atomic E-state index is 5.82. The van der Waals surface area contributed by atoms with E-state index in [9.17, 15) is 0 Å². The Morgan fingerprint density at radius 2 is 2.12 bits per heavy atom. The predicted octanol–water partition coefficient (Wildman–Crippen LogP) is 4.85. The number of hydrogen-bond donors (Lipinski definition) is 0. The van der Waals surface area contributed by atoms with Gasteiger partial charge in [-0.25, -0.2) is 0 Å². The molecule has 0 bridgehead atoms. The third-order valence-corrected chi connectivity index (χ3v) is 2.88. The van der Waals surface area contributed by atoms with E-state index in [1.807, 2.05) is 0 Å². The lowest BCUT2D eigenvalue weighted by molar-refractivity contribution is 0.312. The zero-order valence-corrected chi connectivity index (χ0v) is 11.5. The van der Waals surface area contributed by atoms with Crippen LogP contribution in [0.15, 0.2) is 30.4 Å². The Balaban J connectivity index is 2.89. The number of ether oxygens (including phenoxy) is 1. The van der Waals surface area contributed by atoms with Crippen molar-refractivity contribution in [2.75, 3.05) is 6.61 Å². The van der Waals surface area contributed by atoms with Crippen LogP contribution in [0.25, 0.3) is 0 Å². The lowest BCUT2D eigenvalue weighted by Crippen LogP contribution is -2.02. The van der Waals surface area contributed by atoms with E-state index in [1.165, 1.54) is 11.1 Å². The number of benzene rings is 1. The van der Waals surface area contributed by atoms with Crippen molar-refractivity contribution in [3.63, 3.8) is 0 Å². The molecule has 1 aromatic rings. The SMILES string of the molecule is C/C=C\CC(C)c1cc(C)ccc1OCCC.